The largest absolute Gasteiger partial charge is 0.493 e. The molecule has 288 valence electrons. The number of β-amino-alcohol motifs (C(OH)–C–C–N with tert-alkyl or cyclic N) is 1. The number of nitrogens with one attached hydrogen (secondary N) is 2. The van der Waals surface area contributed by atoms with Gasteiger partial charge in [0.2, 0.25) is 5.91 Å². The second-order valence-electron chi connectivity index (χ2n) is 15.4. The Kier molecular flexibility index (Phi) is 14.0. The highest BCUT2D eigenvalue weighted by atomic mass is 32.2. The molecule has 3 fully saturated rings. The van der Waals surface area contributed by atoms with Crippen molar-refractivity contribution in [2.75, 3.05) is 25.4 Å². The van der Waals surface area contributed by atoms with Crippen LogP contribution in [0.25, 0.3) is 0 Å². The van der Waals surface area contributed by atoms with Crippen molar-refractivity contribution in [2.24, 2.45) is 11.8 Å². The molecule has 13 heteroatoms. The molecule has 2 saturated heterocycles. The molecule has 2 aliphatic heterocycles. The smallest absolute Gasteiger partial charge is 0.333 e. The molecule has 4 amide bonds. The van der Waals surface area contributed by atoms with Crippen molar-refractivity contribution in [3.05, 3.63) is 59.7 Å². The van der Waals surface area contributed by atoms with Crippen LogP contribution >= 0.6 is 11.8 Å². The lowest BCUT2D eigenvalue weighted by atomic mass is 9.72. The van der Waals surface area contributed by atoms with Crippen LogP contribution in [0.2, 0.25) is 0 Å². The summed E-state index contributed by atoms with van der Waals surface area (Å²) in [4.78, 5) is 71.2. The number of aliphatic hydroxyl groups is 1. The van der Waals surface area contributed by atoms with Gasteiger partial charge in [0.1, 0.15) is 5.75 Å². The lowest BCUT2D eigenvalue weighted by Gasteiger charge is -2.47. The van der Waals surface area contributed by atoms with Crippen molar-refractivity contribution < 1.29 is 38.7 Å². The van der Waals surface area contributed by atoms with E-state index in [1.165, 1.54) is 12.8 Å². The first-order valence-electron chi connectivity index (χ1n) is 18.8. The number of carbonyl (C=O) groups excluding carboxylic acids is 5. The second-order valence-corrected chi connectivity index (χ2v) is 16.5. The lowest BCUT2D eigenvalue weighted by molar-refractivity contribution is -0.197. The topological polar surface area (TPSA) is 155 Å². The number of benzene rings is 2. The van der Waals surface area contributed by atoms with Crippen molar-refractivity contribution >= 4 is 41.4 Å². The van der Waals surface area contributed by atoms with E-state index >= 15 is 0 Å². The molecule has 0 unspecified atom stereocenters. The maximum absolute atomic E-state index is 13.9. The predicted octanol–water partition coefficient (Wildman–Crippen LogP) is 4.81. The molecule has 3 aliphatic rings. The summed E-state index contributed by atoms with van der Waals surface area (Å²) in [5, 5.41) is 18.7. The quantitative estimate of drug-likeness (QED) is 0.131. The van der Waals surface area contributed by atoms with Crippen LogP contribution in [-0.4, -0.2) is 93.8 Å². The SMILES string of the molecule is Cc1c(OCCCC(=O)ON2C(=O)CCC2=O)cccc1C(=O)N[C@@H](CSc1ccccc1)[C@H](O)CN1C[C@H]2CCCC[C@H]2C[C@H]1C(=O)NC(C)(C)C. The number of ether oxygens (including phenoxy) is 1. The number of rotatable bonds is 15. The zero-order valence-corrected chi connectivity index (χ0v) is 32.1. The Morgan fingerprint density at radius 3 is 2.38 bits per heavy atom. The standard InChI is InChI=1S/C40H54N4O8S/c1-26-30(16-10-17-34(26)51-21-11-18-37(48)52-44-35(46)19-20-36(44)47)38(49)41-31(25-53-29-14-6-5-7-15-29)33(45)24-43-23-28-13-9-8-12-27(28)22-32(43)39(50)42-40(2,3)4/h5-7,10,14-17,27-28,31-33,45H,8-9,11-13,18-25H2,1-4H3,(H,41,49)(H,42,50)/t27-,28+,31-,32-,33+/m0/s1. The molecule has 2 aromatic rings. The number of amides is 4. The minimum absolute atomic E-state index is 0.0194. The Morgan fingerprint density at radius 1 is 0.981 bits per heavy atom. The molecule has 53 heavy (non-hydrogen) atoms. The average molecular weight is 751 g/mol. The van der Waals surface area contributed by atoms with Gasteiger partial charge in [-0.05, 0) is 83.1 Å². The van der Waals surface area contributed by atoms with Crippen LogP contribution in [0, 0.1) is 18.8 Å². The highest BCUT2D eigenvalue weighted by Gasteiger charge is 2.42. The van der Waals surface area contributed by atoms with Crippen LogP contribution in [0.1, 0.15) is 94.5 Å². The van der Waals surface area contributed by atoms with E-state index in [0.29, 0.717) is 39.5 Å². The minimum Gasteiger partial charge on any atom is -0.493 e. The highest BCUT2D eigenvalue weighted by molar-refractivity contribution is 7.99. The van der Waals surface area contributed by atoms with E-state index in [0.717, 1.165) is 30.7 Å². The zero-order chi connectivity index (χ0) is 38.1. The Balaban J connectivity index is 1.25. The van der Waals surface area contributed by atoms with Crippen molar-refractivity contribution in [1.82, 2.24) is 20.6 Å². The Bertz CT molecular complexity index is 1600. The lowest BCUT2D eigenvalue weighted by Crippen LogP contribution is -2.60. The molecule has 12 nitrogen and oxygen atoms in total. The number of carbonyl (C=O) groups is 5. The molecular formula is C40H54N4O8S. The average Bonchev–Trinajstić information content (AvgIpc) is 3.43. The maximum Gasteiger partial charge on any atom is 0.333 e. The maximum atomic E-state index is 13.9. The summed E-state index contributed by atoms with van der Waals surface area (Å²) in [6, 6.07) is 14.0. The summed E-state index contributed by atoms with van der Waals surface area (Å²) in [7, 11) is 0. The van der Waals surface area contributed by atoms with E-state index in [1.807, 2.05) is 51.1 Å². The molecule has 5 rings (SSSR count). The summed E-state index contributed by atoms with van der Waals surface area (Å²) < 4.78 is 5.93. The number of hydroxylamine groups is 2. The van der Waals surface area contributed by atoms with E-state index in [-0.39, 0.29) is 62.2 Å². The summed E-state index contributed by atoms with van der Waals surface area (Å²) in [5.74, 6) is -0.290. The van der Waals surface area contributed by atoms with Crippen LogP contribution in [0.5, 0.6) is 5.75 Å². The number of likely N-dealkylation sites (tertiary alicyclic amines) is 1. The summed E-state index contributed by atoms with van der Waals surface area (Å²) in [6.07, 6.45) is 4.69. The van der Waals surface area contributed by atoms with Gasteiger partial charge in [-0.1, -0.05) is 43.5 Å². The van der Waals surface area contributed by atoms with Gasteiger partial charge in [0.05, 0.1) is 31.2 Å². The van der Waals surface area contributed by atoms with Gasteiger partial charge < -0.3 is 25.3 Å². The fourth-order valence-electron chi connectivity index (χ4n) is 7.41. The van der Waals surface area contributed by atoms with Gasteiger partial charge in [0, 0.05) is 53.2 Å². The number of piperidine rings is 1. The highest BCUT2D eigenvalue weighted by Crippen LogP contribution is 2.39. The molecule has 2 aromatic carbocycles. The molecule has 0 radical (unpaired) electrons. The van der Waals surface area contributed by atoms with Crippen molar-refractivity contribution in [2.45, 2.75) is 114 Å². The zero-order valence-electron chi connectivity index (χ0n) is 31.3. The van der Waals surface area contributed by atoms with E-state index in [9.17, 15) is 29.1 Å². The summed E-state index contributed by atoms with van der Waals surface area (Å²) in [5.41, 5.74) is 0.607. The van der Waals surface area contributed by atoms with E-state index in [2.05, 4.69) is 15.5 Å². The third kappa shape index (κ3) is 11.3. The Morgan fingerprint density at radius 2 is 1.68 bits per heavy atom. The van der Waals surface area contributed by atoms with Gasteiger partial charge in [-0.3, -0.25) is 24.1 Å². The van der Waals surface area contributed by atoms with E-state index in [4.69, 9.17) is 9.57 Å². The third-order valence-electron chi connectivity index (χ3n) is 10.2. The monoisotopic (exact) mass is 750 g/mol. The second kappa shape index (κ2) is 18.4. The number of imide groups is 1. The van der Waals surface area contributed by atoms with Crippen LogP contribution in [0.3, 0.4) is 0 Å². The van der Waals surface area contributed by atoms with Gasteiger partial charge >= 0.3 is 5.97 Å². The predicted molar refractivity (Wildman–Crippen MR) is 201 cm³/mol. The first-order chi connectivity index (χ1) is 25.3. The van der Waals surface area contributed by atoms with Crippen LogP contribution in [0.15, 0.2) is 53.4 Å². The Labute approximate surface area is 316 Å². The fourth-order valence-corrected chi connectivity index (χ4v) is 8.44. The number of hydrogen-bond donors (Lipinski definition) is 3. The number of hydrogen-bond acceptors (Lipinski definition) is 10. The Hall–Kier alpha value is -3.94. The first kappa shape index (κ1) is 40.2. The number of aliphatic hydroxyl groups excluding tert-OH is 1. The molecule has 2 heterocycles. The summed E-state index contributed by atoms with van der Waals surface area (Å²) in [6.45, 7) is 8.83. The van der Waals surface area contributed by atoms with E-state index < -0.39 is 29.9 Å². The number of fused-ring (bicyclic) bond motifs is 1. The van der Waals surface area contributed by atoms with Crippen molar-refractivity contribution in [3.8, 4) is 5.75 Å². The molecule has 1 aliphatic carbocycles. The molecule has 0 spiro atoms. The third-order valence-corrected chi connectivity index (χ3v) is 11.3. The van der Waals surface area contributed by atoms with Crippen molar-refractivity contribution in [3.63, 3.8) is 0 Å². The molecule has 3 N–H and O–H groups in total. The number of nitrogens with zero attached hydrogens (tertiary/aromatic N) is 2. The van der Waals surface area contributed by atoms with Crippen molar-refractivity contribution in [1.29, 1.82) is 0 Å². The molecule has 0 bridgehead atoms. The molecular weight excluding hydrogens is 697 g/mol. The number of thioether (sulfide) groups is 1. The molecule has 0 aromatic heterocycles. The fraction of sp³-hybridized carbons (Fsp3) is 0.575. The molecule has 5 atom stereocenters. The molecule has 1 saturated carbocycles. The van der Waals surface area contributed by atoms with Gasteiger partial charge in [-0.2, -0.15) is 0 Å². The normalized spacial score (nSPS) is 21.8. The van der Waals surface area contributed by atoms with Gasteiger partial charge in [-0.15, -0.1) is 16.8 Å². The van der Waals surface area contributed by atoms with Crippen LogP contribution in [0.4, 0.5) is 0 Å². The van der Waals surface area contributed by atoms with Crippen LogP contribution < -0.4 is 15.4 Å². The summed E-state index contributed by atoms with van der Waals surface area (Å²) >= 11 is 1.55. The van der Waals surface area contributed by atoms with Gasteiger partial charge in [0.15, 0.2) is 0 Å². The van der Waals surface area contributed by atoms with Crippen LogP contribution in [-0.2, 0) is 24.0 Å². The van der Waals surface area contributed by atoms with Gasteiger partial charge in [0.25, 0.3) is 17.7 Å². The minimum atomic E-state index is -0.953. The van der Waals surface area contributed by atoms with Gasteiger partial charge in [-0.25, -0.2) is 4.79 Å². The first-order valence-corrected chi connectivity index (χ1v) is 19.8. The van der Waals surface area contributed by atoms with E-state index in [1.54, 1.807) is 36.9 Å².